The molecule has 0 spiro atoms. The molecule has 0 saturated heterocycles. The average Bonchev–Trinajstić information content (AvgIpc) is 2.74. The molecular formula is C12H20N4O. The molecule has 5 heteroatoms. The van der Waals surface area contributed by atoms with Crippen molar-refractivity contribution in [3.05, 3.63) is 12.4 Å². The van der Waals surface area contributed by atoms with Gasteiger partial charge in [0, 0.05) is 19.2 Å². The van der Waals surface area contributed by atoms with Crippen molar-refractivity contribution in [1.82, 2.24) is 9.97 Å². The lowest BCUT2D eigenvalue weighted by Gasteiger charge is -2.11. The Balaban J connectivity index is 1.83. The Bertz CT molecular complexity index is 358. The molecule has 3 N–H and O–H groups in total. The molecular weight excluding hydrogens is 216 g/mol. The van der Waals surface area contributed by atoms with E-state index in [9.17, 15) is 5.11 Å². The lowest BCUT2D eigenvalue weighted by molar-refractivity contribution is 0.178. The van der Waals surface area contributed by atoms with Gasteiger partial charge in [-0.3, -0.25) is 0 Å². The van der Waals surface area contributed by atoms with E-state index >= 15 is 0 Å². The van der Waals surface area contributed by atoms with Gasteiger partial charge < -0.3 is 15.7 Å². The Morgan fingerprint density at radius 3 is 2.71 bits per heavy atom. The SMILES string of the molecule is CCNc1cc(NCC2CCC(O)C2)ncn1. The number of hydrogen-bond donors (Lipinski definition) is 3. The Morgan fingerprint density at radius 1 is 1.29 bits per heavy atom. The zero-order valence-corrected chi connectivity index (χ0v) is 10.2. The second-order valence-electron chi connectivity index (χ2n) is 4.53. The smallest absolute Gasteiger partial charge is 0.131 e. The van der Waals surface area contributed by atoms with Crippen LogP contribution in [0.1, 0.15) is 26.2 Å². The number of hydrogen-bond acceptors (Lipinski definition) is 5. The van der Waals surface area contributed by atoms with E-state index in [-0.39, 0.29) is 6.10 Å². The summed E-state index contributed by atoms with van der Waals surface area (Å²) in [5.41, 5.74) is 0. The first-order chi connectivity index (χ1) is 8.28. The van der Waals surface area contributed by atoms with Crippen LogP contribution in [-0.2, 0) is 0 Å². The van der Waals surface area contributed by atoms with Gasteiger partial charge in [-0.1, -0.05) is 0 Å². The molecule has 0 amide bonds. The van der Waals surface area contributed by atoms with Crippen molar-refractivity contribution in [1.29, 1.82) is 0 Å². The van der Waals surface area contributed by atoms with Crippen LogP contribution in [0.25, 0.3) is 0 Å². The summed E-state index contributed by atoms with van der Waals surface area (Å²) in [6.07, 6.45) is 4.38. The minimum Gasteiger partial charge on any atom is -0.393 e. The maximum absolute atomic E-state index is 9.45. The van der Waals surface area contributed by atoms with Gasteiger partial charge in [-0.05, 0) is 32.1 Å². The second kappa shape index (κ2) is 5.82. The summed E-state index contributed by atoms with van der Waals surface area (Å²) >= 11 is 0. The largest absolute Gasteiger partial charge is 0.393 e. The maximum atomic E-state index is 9.45. The number of nitrogens with one attached hydrogen (secondary N) is 2. The quantitative estimate of drug-likeness (QED) is 0.722. The van der Waals surface area contributed by atoms with Crippen LogP contribution in [0.2, 0.25) is 0 Å². The minimum atomic E-state index is -0.107. The normalized spacial score (nSPS) is 23.6. The lowest BCUT2D eigenvalue weighted by atomic mass is 10.1. The fourth-order valence-electron chi connectivity index (χ4n) is 2.21. The highest BCUT2D eigenvalue weighted by molar-refractivity contribution is 5.46. The van der Waals surface area contributed by atoms with Crippen molar-refractivity contribution in [2.75, 3.05) is 23.7 Å². The van der Waals surface area contributed by atoms with Crippen LogP contribution < -0.4 is 10.6 Å². The van der Waals surface area contributed by atoms with Gasteiger partial charge in [-0.25, -0.2) is 9.97 Å². The number of anilines is 2. The van der Waals surface area contributed by atoms with Crippen molar-refractivity contribution in [2.24, 2.45) is 5.92 Å². The van der Waals surface area contributed by atoms with Gasteiger partial charge in [0.05, 0.1) is 6.10 Å². The predicted octanol–water partition coefficient (Wildman–Crippen LogP) is 1.48. The van der Waals surface area contributed by atoms with E-state index in [1.165, 1.54) is 0 Å². The standard InChI is InChI=1S/C12H20N4O/c1-2-13-11-6-12(16-8-15-11)14-7-9-3-4-10(17)5-9/h6,8-10,17H,2-5,7H2,1H3,(H2,13,14,15,16). The molecule has 94 valence electrons. The van der Waals surface area contributed by atoms with E-state index < -0.39 is 0 Å². The van der Waals surface area contributed by atoms with Crippen molar-refractivity contribution in [2.45, 2.75) is 32.3 Å². The molecule has 1 aromatic rings. The van der Waals surface area contributed by atoms with E-state index in [2.05, 4.69) is 20.6 Å². The maximum Gasteiger partial charge on any atom is 0.131 e. The van der Waals surface area contributed by atoms with E-state index in [4.69, 9.17) is 0 Å². The van der Waals surface area contributed by atoms with Crippen molar-refractivity contribution in [3.63, 3.8) is 0 Å². The predicted molar refractivity (Wildman–Crippen MR) is 68.0 cm³/mol. The summed E-state index contributed by atoms with van der Waals surface area (Å²) in [5.74, 6) is 2.25. The first kappa shape index (κ1) is 12.1. The molecule has 1 aromatic heterocycles. The summed E-state index contributed by atoms with van der Waals surface area (Å²) in [6.45, 7) is 3.76. The van der Waals surface area contributed by atoms with Gasteiger partial charge in [0.25, 0.3) is 0 Å². The molecule has 1 aliphatic rings. The molecule has 1 aliphatic carbocycles. The summed E-state index contributed by atoms with van der Waals surface area (Å²) < 4.78 is 0. The second-order valence-corrected chi connectivity index (χ2v) is 4.53. The first-order valence-corrected chi connectivity index (χ1v) is 6.25. The summed E-state index contributed by atoms with van der Waals surface area (Å²) in [5, 5.41) is 15.9. The zero-order chi connectivity index (χ0) is 12.1. The molecule has 1 heterocycles. The molecule has 1 fully saturated rings. The van der Waals surface area contributed by atoms with Gasteiger partial charge in [0.1, 0.15) is 18.0 Å². The summed E-state index contributed by atoms with van der Waals surface area (Å²) in [7, 11) is 0. The van der Waals surface area contributed by atoms with E-state index in [1.807, 2.05) is 13.0 Å². The Labute approximate surface area is 102 Å². The zero-order valence-electron chi connectivity index (χ0n) is 10.2. The number of rotatable bonds is 5. The highest BCUT2D eigenvalue weighted by atomic mass is 16.3. The van der Waals surface area contributed by atoms with Crippen LogP contribution in [0, 0.1) is 5.92 Å². The molecule has 5 nitrogen and oxygen atoms in total. The van der Waals surface area contributed by atoms with E-state index in [0.29, 0.717) is 5.92 Å². The lowest BCUT2D eigenvalue weighted by Crippen LogP contribution is -2.13. The number of aliphatic hydroxyl groups is 1. The van der Waals surface area contributed by atoms with Crippen LogP contribution in [0.5, 0.6) is 0 Å². The molecule has 0 bridgehead atoms. The molecule has 0 aliphatic heterocycles. The van der Waals surface area contributed by atoms with Crippen LogP contribution in [0.15, 0.2) is 12.4 Å². The molecule has 17 heavy (non-hydrogen) atoms. The Morgan fingerprint density at radius 2 is 2.06 bits per heavy atom. The van der Waals surface area contributed by atoms with Gasteiger partial charge >= 0.3 is 0 Å². The Kier molecular flexibility index (Phi) is 4.14. The molecule has 2 rings (SSSR count). The van der Waals surface area contributed by atoms with Crippen LogP contribution >= 0.6 is 0 Å². The molecule has 0 aromatic carbocycles. The molecule has 1 saturated carbocycles. The summed E-state index contributed by atoms with van der Waals surface area (Å²) in [4.78, 5) is 8.30. The van der Waals surface area contributed by atoms with Crippen LogP contribution in [0.4, 0.5) is 11.6 Å². The van der Waals surface area contributed by atoms with Crippen LogP contribution in [0.3, 0.4) is 0 Å². The topological polar surface area (TPSA) is 70.1 Å². The van der Waals surface area contributed by atoms with Gasteiger partial charge in [0.2, 0.25) is 0 Å². The third-order valence-electron chi connectivity index (χ3n) is 3.11. The highest BCUT2D eigenvalue weighted by Gasteiger charge is 2.22. The monoisotopic (exact) mass is 236 g/mol. The fraction of sp³-hybridized carbons (Fsp3) is 0.667. The van der Waals surface area contributed by atoms with E-state index in [1.54, 1.807) is 6.33 Å². The first-order valence-electron chi connectivity index (χ1n) is 6.25. The third-order valence-corrected chi connectivity index (χ3v) is 3.11. The number of aliphatic hydroxyl groups excluding tert-OH is 1. The average molecular weight is 236 g/mol. The highest BCUT2D eigenvalue weighted by Crippen LogP contribution is 2.25. The molecule has 2 unspecified atom stereocenters. The summed E-state index contributed by atoms with van der Waals surface area (Å²) in [6, 6.07) is 1.91. The Hall–Kier alpha value is -1.36. The van der Waals surface area contributed by atoms with Crippen molar-refractivity contribution >= 4 is 11.6 Å². The van der Waals surface area contributed by atoms with Crippen LogP contribution in [-0.4, -0.2) is 34.3 Å². The van der Waals surface area contributed by atoms with E-state index in [0.717, 1.165) is 44.0 Å². The molecule has 2 atom stereocenters. The van der Waals surface area contributed by atoms with Gasteiger partial charge in [-0.2, -0.15) is 0 Å². The fourth-order valence-corrected chi connectivity index (χ4v) is 2.21. The molecule has 0 radical (unpaired) electrons. The number of aromatic nitrogens is 2. The van der Waals surface area contributed by atoms with Crippen molar-refractivity contribution < 1.29 is 5.11 Å². The van der Waals surface area contributed by atoms with Crippen molar-refractivity contribution in [3.8, 4) is 0 Å². The third kappa shape index (κ3) is 3.56. The van der Waals surface area contributed by atoms with Gasteiger partial charge in [-0.15, -0.1) is 0 Å². The van der Waals surface area contributed by atoms with Gasteiger partial charge in [0.15, 0.2) is 0 Å². The number of nitrogens with zero attached hydrogens (tertiary/aromatic N) is 2. The minimum absolute atomic E-state index is 0.107.